The molecule has 0 atom stereocenters. The van der Waals surface area contributed by atoms with Crippen molar-refractivity contribution < 1.29 is 14.7 Å². The van der Waals surface area contributed by atoms with E-state index in [9.17, 15) is 9.59 Å². The third kappa shape index (κ3) is 7.69. The van der Waals surface area contributed by atoms with Gasteiger partial charge in [0.05, 0.1) is 12.2 Å². The molecular formula is C12H18N4O3. The van der Waals surface area contributed by atoms with Crippen molar-refractivity contribution in [2.45, 2.75) is 32.2 Å². The van der Waals surface area contributed by atoms with E-state index in [4.69, 9.17) is 5.11 Å². The topological polar surface area (TPSA) is 104 Å². The standard InChI is InChI=1S/C12H18N4O3/c17-11(18)6-2-1-3-7-13-12(19)14-9-10-5-4-8-15-16-10/h4-5,8H,1-3,6-7,9H2,(H,17,18)(H2,13,14,19). The molecule has 7 heteroatoms. The highest BCUT2D eigenvalue weighted by Gasteiger charge is 2.01. The average molecular weight is 266 g/mol. The fourth-order valence-electron chi connectivity index (χ4n) is 1.44. The highest BCUT2D eigenvalue weighted by Crippen LogP contribution is 1.98. The van der Waals surface area contributed by atoms with Gasteiger partial charge in [-0.1, -0.05) is 6.42 Å². The van der Waals surface area contributed by atoms with Crippen molar-refractivity contribution in [2.75, 3.05) is 6.54 Å². The molecule has 0 bridgehead atoms. The van der Waals surface area contributed by atoms with Crippen LogP contribution < -0.4 is 10.6 Å². The van der Waals surface area contributed by atoms with Crippen molar-refractivity contribution in [3.63, 3.8) is 0 Å². The Bertz CT molecular complexity index is 397. The number of carboxylic acid groups (broad SMARTS) is 1. The van der Waals surface area contributed by atoms with Crippen LogP contribution in [0.1, 0.15) is 31.4 Å². The molecule has 19 heavy (non-hydrogen) atoms. The van der Waals surface area contributed by atoms with E-state index in [2.05, 4.69) is 20.8 Å². The van der Waals surface area contributed by atoms with Gasteiger partial charge < -0.3 is 15.7 Å². The maximum atomic E-state index is 11.4. The number of urea groups is 1. The molecule has 104 valence electrons. The predicted molar refractivity (Wildman–Crippen MR) is 68.4 cm³/mol. The number of aromatic nitrogens is 2. The molecule has 7 nitrogen and oxygen atoms in total. The Kier molecular flexibility index (Phi) is 6.93. The van der Waals surface area contributed by atoms with E-state index in [-0.39, 0.29) is 12.5 Å². The van der Waals surface area contributed by atoms with Gasteiger partial charge in [-0.2, -0.15) is 10.2 Å². The van der Waals surface area contributed by atoms with Crippen molar-refractivity contribution >= 4 is 12.0 Å². The zero-order valence-electron chi connectivity index (χ0n) is 10.6. The number of rotatable bonds is 8. The average Bonchev–Trinajstić information content (AvgIpc) is 2.41. The van der Waals surface area contributed by atoms with Gasteiger partial charge in [-0.25, -0.2) is 4.79 Å². The summed E-state index contributed by atoms with van der Waals surface area (Å²) in [6.45, 7) is 0.866. The van der Waals surface area contributed by atoms with Crippen LogP contribution in [0.4, 0.5) is 4.79 Å². The normalized spacial score (nSPS) is 9.89. The minimum Gasteiger partial charge on any atom is -0.481 e. The largest absolute Gasteiger partial charge is 0.481 e. The summed E-state index contributed by atoms with van der Waals surface area (Å²) in [5, 5.41) is 21.3. The summed E-state index contributed by atoms with van der Waals surface area (Å²) in [5.74, 6) is -0.783. The molecule has 1 rings (SSSR count). The van der Waals surface area contributed by atoms with Gasteiger partial charge in [0.2, 0.25) is 0 Å². The molecule has 0 saturated heterocycles. The van der Waals surface area contributed by atoms with E-state index in [1.165, 1.54) is 0 Å². The molecule has 0 aliphatic heterocycles. The minimum absolute atomic E-state index is 0.179. The molecule has 2 amide bonds. The molecule has 1 aromatic heterocycles. The molecule has 0 radical (unpaired) electrons. The number of hydrogen-bond donors (Lipinski definition) is 3. The van der Waals surface area contributed by atoms with Crippen molar-refractivity contribution in [3.05, 3.63) is 24.0 Å². The van der Waals surface area contributed by atoms with Crippen molar-refractivity contribution in [3.8, 4) is 0 Å². The fourth-order valence-corrected chi connectivity index (χ4v) is 1.44. The van der Waals surface area contributed by atoms with Gasteiger partial charge in [0.1, 0.15) is 0 Å². The maximum absolute atomic E-state index is 11.4. The maximum Gasteiger partial charge on any atom is 0.315 e. The fraction of sp³-hybridized carbons (Fsp3) is 0.500. The Morgan fingerprint density at radius 1 is 1.21 bits per heavy atom. The van der Waals surface area contributed by atoms with Crippen LogP contribution in [0.2, 0.25) is 0 Å². The number of nitrogens with one attached hydrogen (secondary N) is 2. The summed E-state index contributed by atoms with van der Waals surface area (Å²) in [6, 6.07) is 3.27. The van der Waals surface area contributed by atoms with Gasteiger partial charge in [-0.05, 0) is 25.0 Å². The van der Waals surface area contributed by atoms with E-state index in [0.717, 1.165) is 12.8 Å². The number of hydrogen-bond acceptors (Lipinski definition) is 4. The first kappa shape index (κ1) is 14.9. The second-order valence-corrected chi connectivity index (χ2v) is 4.03. The number of nitrogens with zero attached hydrogens (tertiary/aromatic N) is 2. The SMILES string of the molecule is O=C(O)CCCCCNC(=O)NCc1cccnn1. The van der Waals surface area contributed by atoms with Gasteiger partial charge in [0.25, 0.3) is 0 Å². The lowest BCUT2D eigenvalue weighted by molar-refractivity contribution is -0.137. The quantitative estimate of drug-likeness (QED) is 0.607. The van der Waals surface area contributed by atoms with Crippen LogP contribution >= 0.6 is 0 Å². The molecule has 0 aromatic carbocycles. The molecule has 0 aliphatic carbocycles. The number of carbonyl (C=O) groups is 2. The zero-order valence-corrected chi connectivity index (χ0v) is 10.6. The summed E-state index contributed by atoms with van der Waals surface area (Å²) >= 11 is 0. The first-order valence-corrected chi connectivity index (χ1v) is 6.18. The number of unbranched alkanes of at least 4 members (excludes halogenated alkanes) is 2. The van der Waals surface area contributed by atoms with Crippen LogP contribution in [0.25, 0.3) is 0 Å². The van der Waals surface area contributed by atoms with Gasteiger partial charge in [0, 0.05) is 19.2 Å². The van der Waals surface area contributed by atoms with E-state index in [1.807, 2.05) is 0 Å². The summed E-state index contributed by atoms with van der Waals surface area (Å²) in [5.41, 5.74) is 0.694. The first-order valence-electron chi connectivity index (χ1n) is 6.18. The molecule has 0 spiro atoms. The minimum atomic E-state index is -0.783. The molecule has 3 N–H and O–H groups in total. The number of carbonyl (C=O) groups excluding carboxylic acids is 1. The van der Waals surface area contributed by atoms with Gasteiger partial charge in [0.15, 0.2) is 0 Å². The van der Waals surface area contributed by atoms with E-state index < -0.39 is 5.97 Å². The van der Waals surface area contributed by atoms with E-state index >= 15 is 0 Å². The summed E-state index contributed by atoms with van der Waals surface area (Å²) in [6.07, 6.45) is 3.94. The third-order valence-electron chi connectivity index (χ3n) is 2.41. The van der Waals surface area contributed by atoms with Crippen LogP contribution in [0.3, 0.4) is 0 Å². The third-order valence-corrected chi connectivity index (χ3v) is 2.41. The Labute approximate surface area is 111 Å². The molecule has 0 aliphatic rings. The van der Waals surface area contributed by atoms with E-state index in [1.54, 1.807) is 18.3 Å². The van der Waals surface area contributed by atoms with E-state index in [0.29, 0.717) is 25.2 Å². The van der Waals surface area contributed by atoms with Crippen LogP contribution in [0, 0.1) is 0 Å². The molecule has 1 aromatic rings. The van der Waals surface area contributed by atoms with Gasteiger partial charge in [-0.15, -0.1) is 0 Å². The second kappa shape index (κ2) is 8.84. The van der Waals surface area contributed by atoms with Crippen LogP contribution in [0.15, 0.2) is 18.3 Å². The number of amides is 2. The van der Waals surface area contributed by atoms with Crippen molar-refractivity contribution in [1.29, 1.82) is 0 Å². The van der Waals surface area contributed by atoms with Crippen molar-refractivity contribution in [2.24, 2.45) is 0 Å². The van der Waals surface area contributed by atoms with Crippen LogP contribution in [-0.4, -0.2) is 33.8 Å². The lowest BCUT2D eigenvalue weighted by Crippen LogP contribution is -2.35. The Balaban J connectivity index is 2.01. The monoisotopic (exact) mass is 266 g/mol. The molecule has 0 fully saturated rings. The Morgan fingerprint density at radius 3 is 2.74 bits per heavy atom. The lowest BCUT2D eigenvalue weighted by Gasteiger charge is -2.06. The van der Waals surface area contributed by atoms with Crippen LogP contribution in [-0.2, 0) is 11.3 Å². The molecule has 0 unspecified atom stereocenters. The smallest absolute Gasteiger partial charge is 0.315 e. The lowest BCUT2D eigenvalue weighted by atomic mass is 10.2. The number of carboxylic acids is 1. The van der Waals surface area contributed by atoms with Crippen molar-refractivity contribution in [1.82, 2.24) is 20.8 Å². The first-order chi connectivity index (χ1) is 9.18. The molecule has 1 heterocycles. The van der Waals surface area contributed by atoms with Crippen LogP contribution in [0.5, 0.6) is 0 Å². The summed E-state index contributed by atoms with van der Waals surface area (Å²) in [7, 11) is 0. The molecular weight excluding hydrogens is 248 g/mol. The van der Waals surface area contributed by atoms with Gasteiger partial charge >= 0.3 is 12.0 Å². The molecule has 0 saturated carbocycles. The second-order valence-electron chi connectivity index (χ2n) is 4.03. The summed E-state index contributed by atoms with van der Waals surface area (Å²) in [4.78, 5) is 21.7. The summed E-state index contributed by atoms with van der Waals surface area (Å²) < 4.78 is 0. The Morgan fingerprint density at radius 2 is 2.05 bits per heavy atom. The predicted octanol–water partition coefficient (Wildman–Crippen LogP) is 0.921. The highest BCUT2D eigenvalue weighted by atomic mass is 16.4. The number of aliphatic carboxylic acids is 1. The Hall–Kier alpha value is -2.18. The van der Waals surface area contributed by atoms with Gasteiger partial charge in [-0.3, -0.25) is 4.79 Å². The highest BCUT2D eigenvalue weighted by molar-refractivity contribution is 5.73. The zero-order chi connectivity index (χ0) is 13.9.